The number of aliphatic hydroxyl groups excluding tert-OH is 1. The fraction of sp³-hybridized carbons (Fsp3) is 0.571. The van der Waals surface area contributed by atoms with Crippen LogP contribution in [0.2, 0.25) is 0 Å². The van der Waals surface area contributed by atoms with Crippen LogP contribution < -0.4 is 14.8 Å². The van der Waals surface area contributed by atoms with Crippen molar-refractivity contribution < 1.29 is 14.6 Å². The van der Waals surface area contributed by atoms with E-state index in [-0.39, 0.29) is 13.4 Å². The van der Waals surface area contributed by atoms with E-state index in [0.29, 0.717) is 6.04 Å². The van der Waals surface area contributed by atoms with E-state index in [1.807, 2.05) is 25.1 Å². The van der Waals surface area contributed by atoms with E-state index >= 15 is 0 Å². The van der Waals surface area contributed by atoms with Crippen LogP contribution in [0.3, 0.4) is 0 Å². The van der Waals surface area contributed by atoms with Crippen molar-refractivity contribution in [1.82, 2.24) is 5.32 Å². The Morgan fingerprint density at radius 2 is 2.11 bits per heavy atom. The van der Waals surface area contributed by atoms with Crippen molar-refractivity contribution in [1.29, 1.82) is 0 Å². The predicted octanol–water partition coefficient (Wildman–Crippen LogP) is 2.01. The maximum absolute atomic E-state index is 9.70. The van der Waals surface area contributed by atoms with E-state index in [0.717, 1.165) is 23.5 Å². The Kier molecular flexibility index (Phi) is 3.78. The highest BCUT2D eigenvalue weighted by atomic mass is 16.7. The first-order valence-corrected chi connectivity index (χ1v) is 6.37. The van der Waals surface area contributed by atoms with Crippen molar-refractivity contribution >= 4 is 0 Å². The zero-order valence-electron chi connectivity index (χ0n) is 11.2. The van der Waals surface area contributed by atoms with Crippen LogP contribution in [-0.2, 0) is 5.54 Å². The van der Waals surface area contributed by atoms with E-state index in [2.05, 4.69) is 19.2 Å². The van der Waals surface area contributed by atoms with Crippen LogP contribution in [0, 0.1) is 0 Å². The minimum atomic E-state index is -0.462. The molecule has 2 atom stereocenters. The summed E-state index contributed by atoms with van der Waals surface area (Å²) in [6, 6.07) is 6.14. The third kappa shape index (κ3) is 2.44. The van der Waals surface area contributed by atoms with Crippen LogP contribution in [0.25, 0.3) is 0 Å². The Balaban J connectivity index is 2.26. The molecule has 1 aromatic carbocycles. The van der Waals surface area contributed by atoms with Gasteiger partial charge < -0.3 is 19.9 Å². The predicted molar refractivity (Wildman–Crippen MR) is 69.9 cm³/mol. The molecule has 0 saturated carbocycles. The van der Waals surface area contributed by atoms with Crippen molar-refractivity contribution in [3.63, 3.8) is 0 Å². The molecule has 0 aromatic heterocycles. The quantitative estimate of drug-likeness (QED) is 0.840. The summed E-state index contributed by atoms with van der Waals surface area (Å²) in [4.78, 5) is 0. The van der Waals surface area contributed by atoms with E-state index in [1.165, 1.54) is 0 Å². The van der Waals surface area contributed by atoms with E-state index in [1.54, 1.807) is 0 Å². The summed E-state index contributed by atoms with van der Waals surface area (Å²) in [6.45, 7) is 6.54. The molecule has 0 fully saturated rings. The number of nitrogens with one attached hydrogen (secondary N) is 1. The van der Waals surface area contributed by atoms with Gasteiger partial charge in [-0.2, -0.15) is 0 Å². The number of hydrogen-bond acceptors (Lipinski definition) is 4. The molecule has 1 aliphatic heterocycles. The lowest BCUT2D eigenvalue weighted by molar-refractivity contribution is 0.161. The molecule has 1 heterocycles. The van der Waals surface area contributed by atoms with E-state index in [9.17, 15) is 5.11 Å². The highest BCUT2D eigenvalue weighted by Crippen LogP contribution is 2.35. The number of fused-ring (bicyclic) bond motifs is 1. The van der Waals surface area contributed by atoms with Gasteiger partial charge in [-0.3, -0.25) is 0 Å². The van der Waals surface area contributed by atoms with Crippen LogP contribution >= 0.6 is 0 Å². The van der Waals surface area contributed by atoms with Gasteiger partial charge in [0.15, 0.2) is 11.5 Å². The fourth-order valence-corrected chi connectivity index (χ4v) is 2.11. The molecule has 0 saturated heterocycles. The average Bonchev–Trinajstić information content (AvgIpc) is 2.85. The second-order valence-corrected chi connectivity index (χ2v) is 5.01. The van der Waals surface area contributed by atoms with Crippen LogP contribution in [-0.4, -0.2) is 24.5 Å². The lowest BCUT2D eigenvalue weighted by atomic mass is 9.91. The Labute approximate surface area is 108 Å². The normalized spacial score (nSPS) is 18.4. The minimum absolute atomic E-state index is 0.0387. The number of hydrogen-bond donors (Lipinski definition) is 2. The van der Waals surface area contributed by atoms with Crippen LogP contribution in [0.5, 0.6) is 11.5 Å². The number of ether oxygens (including phenoxy) is 2. The van der Waals surface area contributed by atoms with Gasteiger partial charge in [-0.05, 0) is 38.0 Å². The van der Waals surface area contributed by atoms with Gasteiger partial charge in [0.1, 0.15) is 0 Å². The van der Waals surface area contributed by atoms with Crippen molar-refractivity contribution in [2.75, 3.05) is 13.4 Å². The highest BCUT2D eigenvalue weighted by Gasteiger charge is 2.28. The summed E-state index contributed by atoms with van der Waals surface area (Å²) in [5, 5.41) is 13.2. The Hall–Kier alpha value is -1.26. The fourth-order valence-electron chi connectivity index (χ4n) is 2.11. The van der Waals surface area contributed by atoms with E-state index < -0.39 is 5.54 Å². The van der Waals surface area contributed by atoms with E-state index in [4.69, 9.17) is 9.47 Å². The molecule has 0 amide bonds. The summed E-state index contributed by atoms with van der Waals surface area (Å²) in [6.07, 6.45) is 1.01. The third-order valence-electron chi connectivity index (χ3n) is 3.50. The molecule has 2 unspecified atom stereocenters. The van der Waals surface area contributed by atoms with Gasteiger partial charge in [0.25, 0.3) is 0 Å². The standard InChI is InChI=1S/C14H21NO3/c1-4-10(2)15-14(3,8-16)11-5-6-12-13(7-11)18-9-17-12/h5-7,10,15-16H,4,8-9H2,1-3H3. The molecule has 4 heteroatoms. The van der Waals surface area contributed by atoms with Gasteiger partial charge in [-0.25, -0.2) is 0 Å². The molecular weight excluding hydrogens is 230 g/mol. The van der Waals surface area contributed by atoms with Gasteiger partial charge in [0.05, 0.1) is 12.1 Å². The summed E-state index contributed by atoms with van der Waals surface area (Å²) in [5.74, 6) is 1.51. The van der Waals surface area contributed by atoms with Gasteiger partial charge in [0.2, 0.25) is 6.79 Å². The van der Waals surface area contributed by atoms with Crippen LogP contribution in [0.4, 0.5) is 0 Å². The third-order valence-corrected chi connectivity index (χ3v) is 3.50. The molecule has 2 rings (SSSR count). The molecule has 0 spiro atoms. The summed E-state index contributed by atoms with van der Waals surface area (Å²) in [7, 11) is 0. The molecule has 4 nitrogen and oxygen atoms in total. The largest absolute Gasteiger partial charge is 0.454 e. The average molecular weight is 251 g/mol. The minimum Gasteiger partial charge on any atom is -0.454 e. The molecule has 0 bridgehead atoms. The zero-order chi connectivity index (χ0) is 13.2. The molecule has 1 aromatic rings. The monoisotopic (exact) mass is 251 g/mol. The van der Waals surface area contributed by atoms with Gasteiger partial charge in [0, 0.05) is 6.04 Å². The molecule has 2 N–H and O–H groups in total. The molecule has 0 radical (unpaired) electrons. The zero-order valence-corrected chi connectivity index (χ0v) is 11.2. The highest BCUT2D eigenvalue weighted by molar-refractivity contribution is 5.46. The Morgan fingerprint density at radius 3 is 2.78 bits per heavy atom. The van der Waals surface area contributed by atoms with Crippen LogP contribution in [0.1, 0.15) is 32.8 Å². The van der Waals surface area contributed by atoms with Crippen LogP contribution in [0.15, 0.2) is 18.2 Å². The van der Waals surface area contributed by atoms with Crippen molar-refractivity contribution in [2.24, 2.45) is 0 Å². The number of benzene rings is 1. The first kappa shape index (κ1) is 13.2. The number of aliphatic hydroxyl groups is 1. The first-order valence-electron chi connectivity index (χ1n) is 6.37. The van der Waals surface area contributed by atoms with Gasteiger partial charge in [-0.1, -0.05) is 13.0 Å². The molecule has 100 valence electrons. The molecule has 18 heavy (non-hydrogen) atoms. The molecule has 1 aliphatic rings. The lowest BCUT2D eigenvalue weighted by Crippen LogP contribution is -2.47. The van der Waals surface area contributed by atoms with Crippen molar-refractivity contribution in [3.8, 4) is 11.5 Å². The Bertz CT molecular complexity index is 422. The topological polar surface area (TPSA) is 50.7 Å². The molecule has 0 aliphatic carbocycles. The van der Waals surface area contributed by atoms with Gasteiger partial charge in [-0.15, -0.1) is 0 Å². The smallest absolute Gasteiger partial charge is 0.231 e. The number of rotatable bonds is 5. The lowest BCUT2D eigenvalue weighted by Gasteiger charge is -2.32. The SMILES string of the molecule is CCC(C)NC(C)(CO)c1ccc2c(c1)OCO2. The summed E-state index contributed by atoms with van der Waals surface area (Å²) < 4.78 is 10.7. The maximum Gasteiger partial charge on any atom is 0.231 e. The summed E-state index contributed by atoms with van der Waals surface area (Å²) >= 11 is 0. The summed E-state index contributed by atoms with van der Waals surface area (Å²) in [5.41, 5.74) is 0.547. The Morgan fingerprint density at radius 1 is 1.39 bits per heavy atom. The van der Waals surface area contributed by atoms with Gasteiger partial charge >= 0.3 is 0 Å². The molecular formula is C14H21NO3. The first-order chi connectivity index (χ1) is 8.59. The van der Waals surface area contributed by atoms with Crippen molar-refractivity contribution in [3.05, 3.63) is 23.8 Å². The second-order valence-electron chi connectivity index (χ2n) is 5.01. The second kappa shape index (κ2) is 5.16. The maximum atomic E-state index is 9.70. The van der Waals surface area contributed by atoms with Crippen molar-refractivity contribution in [2.45, 2.75) is 38.8 Å².